The van der Waals surface area contributed by atoms with E-state index in [1.165, 1.54) is 0 Å². The Bertz CT molecular complexity index is 744. The van der Waals surface area contributed by atoms with Crippen LogP contribution in [-0.2, 0) is 22.2 Å². The van der Waals surface area contributed by atoms with Gasteiger partial charge in [-0.05, 0) is 17.7 Å². The standard InChI is InChI=1S/C13H14N4O3S/c1-10-16-13(17-20-10)6-7-15-21(18,19)9-12-4-2-11(8-14)3-5-12/h2-5,15H,6-7,9H2,1H3. The minimum Gasteiger partial charge on any atom is -0.340 e. The molecule has 0 saturated heterocycles. The molecular weight excluding hydrogens is 292 g/mol. The first kappa shape index (κ1) is 15.2. The van der Waals surface area contributed by atoms with Crippen LogP contribution in [0.25, 0.3) is 0 Å². The van der Waals surface area contributed by atoms with Crippen LogP contribution >= 0.6 is 0 Å². The van der Waals surface area contributed by atoms with E-state index in [1.54, 1.807) is 31.2 Å². The minimum absolute atomic E-state index is 0.135. The lowest BCUT2D eigenvalue weighted by Gasteiger charge is -2.05. The van der Waals surface area contributed by atoms with Crippen molar-refractivity contribution in [2.45, 2.75) is 19.1 Å². The Morgan fingerprint density at radius 2 is 2.05 bits per heavy atom. The van der Waals surface area contributed by atoms with Gasteiger partial charge < -0.3 is 4.52 Å². The summed E-state index contributed by atoms with van der Waals surface area (Å²) in [6.45, 7) is 1.88. The van der Waals surface area contributed by atoms with Crippen LogP contribution < -0.4 is 4.72 Å². The lowest BCUT2D eigenvalue weighted by Crippen LogP contribution is -2.27. The molecule has 0 saturated carbocycles. The van der Waals surface area contributed by atoms with Crippen molar-refractivity contribution in [3.8, 4) is 6.07 Å². The van der Waals surface area contributed by atoms with Gasteiger partial charge >= 0.3 is 0 Å². The van der Waals surface area contributed by atoms with Gasteiger partial charge in [0.1, 0.15) is 0 Å². The molecule has 0 radical (unpaired) electrons. The lowest BCUT2D eigenvalue weighted by molar-refractivity contribution is 0.387. The van der Waals surface area contributed by atoms with Crippen LogP contribution in [0.2, 0.25) is 0 Å². The summed E-state index contributed by atoms with van der Waals surface area (Å²) in [6.07, 6.45) is 0.365. The van der Waals surface area contributed by atoms with Gasteiger partial charge in [-0.2, -0.15) is 10.2 Å². The molecule has 0 aliphatic rings. The third kappa shape index (κ3) is 4.66. The zero-order chi connectivity index (χ0) is 15.3. The van der Waals surface area contributed by atoms with E-state index in [0.717, 1.165) is 0 Å². The van der Waals surface area contributed by atoms with Gasteiger partial charge in [0.2, 0.25) is 15.9 Å². The Morgan fingerprint density at radius 3 is 2.62 bits per heavy atom. The first-order valence-electron chi connectivity index (χ1n) is 6.24. The summed E-state index contributed by atoms with van der Waals surface area (Å²) < 4.78 is 31.1. The van der Waals surface area contributed by atoms with Gasteiger partial charge in [-0.15, -0.1) is 0 Å². The average molecular weight is 306 g/mol. The van der Waals surface area contributed by atoms with Gasteiger partial charge in [-0.1, -0.05) is 17.3 Å². The van der Waals surface area contributed by atoms with E-state index < -0.39 is 10.0 Å². The zero-order valence-corrected chi connectivity index (χ0v) is 12.2. The van der Waals surface area contributed by atoms with Crippen molar-refractivity contribution in [2.24, 2.45) is 0 Å². The zero-order valence-electron chi connectivity index (χ0n) is 11.4. The van der Waals surface area contributed by atoms with Crippen molar-refractivity contribution < 1.29 is 12.9 Å². The number of hydrogen-bond donors (Lipinski definition) is 1. The molecule has 1 aromatic carbocycles. The molecule has 0 spiro atoms. The van der Waals surface area contributed by atoms with E-state index in [-0.39, 0.29) is 12.3 Å². The summed E-state index contributed by atoms with van der Waals surface area (Å²) in [7, 11) is -3.44. The van der Waals surface area contributed by atoms with Crippen LogP contribution in [0, 0.1) is 18.3 Å². The predicted molar refractivity (Wildman–Crippen MR) is 74.5 cm³/mol. The van der Waals surface area contributed by atoms with Crippen molar-refractivity contribution in [2.75, 3.05) is 6.54 Å². The molecule has 1 heterocycles. The highest BCUT2D eigenvalue weighted by Crippen LogP contribution is 2.07. The second-order valence-corrected chi connectivity index (χ2v) is 6.25. The van der Waals surface area contributed by atoms with Crippen molar-refractivity contribution in [3.05, 3.63) is 47.1 Å². The summed E-state index contributed by atoms with van der Waals surface area (Å²) in [5.74, 6) is 0.781. The number of nitrogens with zero attached hydrogens (tertiary/aromatic N) is 3. The van der Waals surface area contributed by atoms with Gasteiger partial charge in [0.15, 0.2) is 5.82 Å². The fraction of sp³-hybridized carbons (Fsp3) is 0.308. The SMILES string of the molecule is Cc1nc(CCNS(=O)(=O)Cc2ccc(C#N)cc2)no1. The second kappa shape index (κ2) is 6.47. The number of nitriles is 1. The van der Waals surface area contributed by atoms with E-state index in [1.807, 2.05) is 6.07 Å². The smallest absolute Gasteiger partial charge is 0.223 e. The molecule has 8 heteroatoms. The molecule has 0 amide bonds. The fourth-order valence-corrected chi connectivity index (χ4v) is 2.85. The number of hydrogen-bond acceptors (Lipinski definition) is 6. The van der Waals surface area contributed by atoms with E-state index in [0.29, 0.717) is 29.3 Å². The molecule has 2 aromatic rings. The summed E-state index contributed by atoms with van der Waals surface area (Å²) in [4.78, 5) is 3.99. The van der Waals surface area contributed by atoms with Crippen molar-refractivity contribution in [1.29, 1.82) is 5.26 Å². The van der Waals surface area contributed by atoms with Gasteiger partial charge in [-0.25, -0.2) is 13.1 Å². The maximum atomic E-state index is 11.9. The van der Waals surface area contributed by atoms with Gasteiger partial charge in [0, 0.05) is 19.9 Å². The summed E-state index contributed by atoms with van der Waals surface area (Å²) in [6, 6.07) is 8.41. The highest BCUT2D eigenvalue weighted by molar-refractivity contribution is 7.88. The topological polar surface area (TPSA) is 109 Å². The summed E-state index contributed by atoms with van der Waals surface area (Å²) in [5, 5.41) is 12.4. The van der Waals surface area contributed by atoms with Crippen molar-refractivity contribution in [3.63, 3.8) is 0 Å². The minimum atomic E-state index is -3.44. The molecule has 7 nitrogen and oxygen atoms in total. The monoisotopic (exact) mass is 306 g/mol. The first-order chi connectivity index (χ1) is 9.98. The van der Waals surface area contributed by atoms with Crippen molar-refractivity contribution >= 4 is 10.0 Å². The molecule has 0 aliphatic heterocycles. The number of sulfonamides is 1. The van der Waals surface area contributed by atoms with Crippen LogP contribution in [0.1, 0.15) is 22.8 Å². The molecule has 110 valence electrons. The fourth-order valence-electron chi connectivity index (χ4n) is 1.71. The number of aromatic nitrogens is 2. The number of aryl methyl sites for hydroxylation is 1. The van der Waals surface area contributed by atoms with Crippen LogP contribution in [0.3, 0.4) is 0 Å². The highest BCUT2D eigenvalue weighted by Gasteiger charge is 2.12. The molecule has 2 rings (SSSR count). The Morgan fingerprint density at radius 1 is 1.33 bits per heavy atom. The molecule has 0 fully saturated rings. The van der Waals surface area contributed by atoms with Gasteiger partial charge in [-0.3, -0.25) is 0 Å². The van der Waals surface area contributed by atoms with E-state index in [4.69, 9.17) is 9.78 Å². The van der Waals surface area contributed by atoms with E-state index >= 15 is 0 Å². The van der Waals surface area contributed by atoms with E-state index in [9.17, 15) is 8.42 Å². The molecule has 1 N–H and O–H groups in total. The summed E-state index contributed by atoms with van der Waals surface area (Å²) in [5.41, 5.74) is 1.12. The Hall–Kier alpha value is -2.24. The first-order valence-corrected chi connectivity index (χ1v) is 7.89. The van der Waals surface area contributed by atoms with Gasteiger partial charge in [0.25, 0.3) is 0 Å². The van der Waals surface area contributed by atoms with Gasteiger partial charge in [0.05, 0.1) is 17.4 Å². The molecule has 0 unspecified atom stereocenters. The Balaban J connectivity index is 1.88. The van der Waals surface area contributed by atoms with Crippen LogP contribution in [-0.4, -0.2) is 25.1 Å². The average Bonchev–Trinajstić information content (AvgIpc) is 2.84. The third-order valence-corrected chi connectivity index (χ3v) is 4.04. The van der Waals surface area contributed by atoms with Crippen LogP contribution in [0.4, 0.5) is 0 Å². The third-order valence-electron chi connectivity index (χ3n) is 2.68. The highest BCUT2D eigenvalue weighted by atomic mass is 32.2. The summed E-state index contributed by atoms with van der Waals surface area (Å²) >= 11 is 0. The Labute approximate surface area is 122 Å². The number of benzene rings is 1. The molecule has 0 aliphatic carbocycles. The maximum Gasteiger partial charge on any atom is 0.223 e. The normalized spacial score (nSPS) is 11.2. The predicted octanol–water partition coefficient (Wildman–Crippen LogP) is 0.912. The molecule has 0 bridgehead atoms. The lowest BCUT2D eigenvalue weighted by atomic mass is 10.2. The molecule has 0 atom stereocenters. The number of nitrogens with one attached hydrogen (secondary N) is 1. The molecular formula is C13H14N4O3S. The Kier molecular flexibility index (Phi) is 4.67. The molecule has 21 heavy (non-hydrogen) atoms. The van der Waals surface area contributed by atoms with E-state index in [2.05, 4.69) is 14.9 Å². The van der Waals surface area contributed by atoms with Crippen LogP contribution in [0.5, 0.6) is 0 Å². The maximum absolute atomic E-state index is 11.9. The molecule has 1 aromatic heterocycles. The quantitative estimate of drug-likeness (QED) is 0.849. The van der Waals surface area contributed by atoms with Crippen molar-refractivity contribution in [1.82, 2.24) is 14.9 Å². The second-order valence-electron chi connectivity index (χ2n) is 4.44. The van der Waals surface area contributed by atoms with Crippen LogP contribution in [0.15, 0.2) is 28.8 Å². The largest absolute Gasteiger partial charge is 0.340 e. The number of rotatable bonds is 6.